The maximum absolute atomic E-state index is 14.3. The molecule has 1 aromatic heterocycles. The van der Waals surface area contributed by atoms with Gasteiger partial charge < -0.3 is 9.47 Å². The van der Waals surface area contributed by atoms with E-state index in [1.54, 1.807) is 24.3 Å². The molecule has 3 nitrogen and oxygen atoms in total. The highest BCUT2D eigenvalue weighted by molar-refractivity contribution is 7.17. The fourth-order valence-electron chi connectivity index (χ4n) is 2.40. The van der Waals surface area contributed by atoms with Gasteiger partial charge in [-0.25, -0.2) is 9.18 Å². The van der Waals surface area contributed by atoms with Gasteiger partial charge in [-0.05, 0) is 30.3 Å². The maximum Gasteiger partial charge on any atom is 0.337 e. The molecule has 0 atom stereocenters. The molecule has 0 spiro atoms. The van der Waals surface area contributed by atoms with Crippen molar-refractivity contribution < 1.29 is 18.7 Å². The lowest BCUT2D eigenvalue weighted by Gasteiger charge is -2.09. The van der Waals surface area contributed by atoms with Crippen LogP contribution in [0, 0.1) is 5.82 Å². The van der Waals surface area contributed by atoms with Gasteiger partial charge in [-0.2, -0.15) is 0 Å². The van der Waals surface area contributed by atoms with Gasteiger partial charge in [0.05, 0.1) is 25.3 Å². The summed E-state index contributed by atoms with van der Waals surface area (Å²) < 4.78 is 25.3. The summed E-state index contributed by atoms with van der Waals surface area (Å²) in [4.78, 5) is 11.7. The highest BCUT2D eigenvalue weighted by Gasteiger charge is 2.17. The number of methoxy groups -OCH3 is 2. The molecule has 0 aliphatic carbocycles. The Bertz CT molecular complexity index is 854. The maximum atomic E-state index is 14.3. The summed E-state index contributed by atoms with van der Waals surface area (Å²) in [6.45, 7) is 0. The van der Waals surface area contributed by atoms with Gasteiger partial charge in [0.15, 0.2) is 0 Å². The van der Waals surface area contributed by atoms with E-state index in [-0.39, 0.29) is 5.82 Å². The molecule has 0 fully saturated rings. The number of carbonyl (C=O) groups is 1. The number of fused-ring (bicyclic) bond motifs is 1. The molecule has 0 N–H and O–H groups in total. The first-order chi connectivity index (χ1) is 10.7. The Morgan fingerprint density at radius 2 is 2.00 bits per heavy atom. The van der Waals surface area contributed by atoms with E-state index in [0.717, 1.165) is 10.1 Å². The van der Waals surface area contributed by atoms with E-state index in [4.69, 9.17) is 9.47 Å². The predicted octanol–water partition coefficient (Wildman–Crippen LogP) is 4.50. The fraction of sp³-hybridized carbons (Fsp3) is 0.118. The molecule has 0 bridgehead atoms. The van der Waals surface area contributed by atoms with Crippen LogP contribution in [0.3, 0.4) is 0 Å². The van der Waals surface area contributed by atoms with Crippen molar-refractivity contribution in [1.82, 2.24) is 0 Å². The monoisotopic (exact) mass is 316 g/mol. The van der Waals surface area contributed by atoms with E-state index in [9.17, 15) is 9.18 Å². The van der Waals surface area contributed by atoms with Crippen LogP contribution >= 0.6 is 11.3 Å². The molecule has 0 aliphatic heterocycles. The van der Waals surface area contributed by atoms with Gasteiger partial charge in [-0.15, -0.1) is 11.3 Å². The zero-order chi connectivity index (χ0) is 15.7. The van der Waals surface area contributed by atoms with Crippen molar-refractivity contribution in [1.29, 1.82) is 0 Å². The van der Waals surface area contributed by atoms with Crippen LogP contribution in [0.25, 0.3) is 21.2 Å². The minimum Gasteiger partial charge on any atom is -0.496 e. The quantitative estimate of drug-likeness (QED) is 0.667. The van der Waals surface area contributed by atoms with E-state index < -0.39 is 5.97 Å². The second kappa shape index (κ2) is 5.77. The number of esters is 1. The standard InChI is InChI=1S/C17H13FO3S/c1-20-14-5-3-4-13(18)16(14)12-9-22-15-7-6-10(8-11(12)15)17(19)21-2/h3-9H,1-2H3. The SMILES string of the molecule is COC(=O)c1ccc2scc(-c3c(F)cccc3OC)c2c1. The number of ether oxygens (including phenoxy) is 2. The Morgan fingerprint density at radius 1 is 1.18 bits per heavy atom. The van der Waals surface area contributed by atoms with Crippen molar-refractivity contribution in [3.8, 4) is 16.9 Å². The Hall–Kier alpha value is -2.40. The average Bonchev–Trinajstić information content (AvgIpc) is 2.96. The van der Waals surface area contributed by atoms with Crippen molar-refractivity contribution in [2.75, 3.05) is 14.2 Å². The first kappa shape index (κ1) is 14.5. The Balaban J connectivity index is 2.26. The lowest BCUT2D eigenvalue weighted by atomic mass is 10.0. The van der Waals surface area contributed by atoms with Crippen LogP contribution in [-0.4, -0.2) is 20.2 Å². The molecule has 22 heavy (non-hydrogen) atoms. The van der Waals surface area contributed by atoms with Crippen LogP contribution in [0.4, 0.5) is 4.39 Å². The Labute approximate surface area is 130 Å². The molecule has 1 heterocycles. The van der Waals surface area contributed by atoms with Crippen LogP contribution in [0.15, 0.2) is 41.8 Å². The molecule has 5 heteroatoms. The number of halogens is 1. The summed E-state index contributed by atoms with van der Waals surface area (Å²) in [7, 11) is 2.84. The molecular weight excluding hydrogens is 303 g/mol. The van der Waals surface area contributed by atoms with Crippen LogP contribution in [0.5, 0.6) is 5.75 Å². The molecule has 112 valence electrons. The summed E-state index contributed by atoms with van der Waals surface area (Å²) in [5, 5.41) is 2.67. The molecule has 0 amide bonds. The number of thiophene rings is 1. The summed E-state index contributed by atoms with van der Waals surface area (Å²) in [6, 6.07) is 9.97. The van der Waals surface area contributed by atoms with Crippen LogP contribution in [-0.2, 0) is 4.74 Å². The van der Waals surface area contributed by atoms with Crippen LogP contribution in [0.1, 0.15) is 10.4 Å². The van der Waals surface area contributed by atoms with E-state index >= 15 is 0 Å². The van der Waals surface area contributed by atoms with Gasteiger partial charge in [0, 0.05) is 21.0 Å². The van der Waals surface area contributed by atoms with Gasteiger partial charge in [-0.3, -0.25) is 0 Å². The van der Waals surface area contributed by atoms with Gasteiger partial charge in [0.1, 0.15) is 11.6 Å². The first-order valence-electron chi connectivity index (χ1n) is 6.58. The number of rotatable bonds is 3. The van der Waals surface area contributed by atoms with Crippen molar-refractivity contribution >= 4 is 27.4 Å². The number of carbonyl (C=O) groups excluding carboxylic acids is 1. The minimum absolute atomic E-state index is 0.359. The zero-order valence-electron chi connectivity index (χ0n) is 12.1. The molecule has 0 radical (unpaired) electrons. The second-order valence-corrected chi connectivity index (χ2v) is 5.58. The van der Waals surface area contributed by atoms with E-state index in [1.165, 1.54) is 31.6 Å². The van der Waals surface area contributed by atoms with E-state index in [2.05, 4.69) is 0 Å². The minimum atomic E-state index is -0.417. The lowest BCUT2D eigenvalue weighted by molar-refractivity contribution is 0.0601. The normalized spacial score (nSPS) is 10.7. The number of hydrogen-bond donors (Lipinski definition) is 0. The average molecular weight is 316 g/mol. The molecule has 3 aromatic rings. The fourth-order valence-corrected chi connectivity index (χ4v) is 3.34. The van der Waals surface area contributed by atoms with Crippen molar-refractivity contribution in [2.45, 2.75) is 0 Å². The number of hydrogen-bond acceptors (Lipinski definition) is 4. The molecular formula is C17H13FO3S. The number of benzene rings is 2. The van der Waals surface area contributed by atoms with Crippen molar-refractivity contribution in [3.63, 3.8) is 0 Å². The predicted molar refractivity (Wildman–Crippen MR) is 85.1 cm³/mol. The second-order valence-electron chi connectivity index (χ2n) is 4.67. The molecule has 2 aromatic carbocycles. The van der Waals surface area contributed by atoms with Crippen LogP contribution in [0.2, 0.25) is 0 Å². The highest BCUT2D eigenvalue weighted by Crippen LogP contribution is 2.40. The zero-order valence-corrected chi connectivity index (χ0v) is 12.9. The molecule has 0 saturated carbocycles. The van der Waals surface area contributed by atoms with Gasteiger partial charge in [-0.1, -0.05) is 6.07 Å². The molecule has 3 rings (SSSR count). The molecule has 0 aliphatic rings. The third-order valence-corrected chi connectivity index (χ3v) is 4.42. The Morgan fingerprint density at radius 3 is 2.73 bits per heavy atom. The van der Waals surface area contributed by atoms with Gasteiger partial charge in [0.25, 0.3) is 0 Å². The van der Waals surface area contributed by atoms with E-state index in [0.29, 0.717) is 22.4 Å². The Kier molecular flexibility index (Phi) is 3.81. The topological polar surface area (TPSA) is 35.5 Å². The highest BCUT2D eigenvalue weighted by atomic mass is 32.1. The largest absolute Gasteiger partial charge is 0.496 e. The smallest absolute Gasteiger partial charge is 0.337 e. The van der Waals surface area contributed by atoms with E-state index in [1.807, 2.05) is 11.4 Å². The first-order valence-corrected chi connectivity index (χ1v) is 7.46. The summed E-state index contributed by atoms with van der Waals surface area (Å²) in [6.07, 6.45) is 0. The third kappa shape index (κ3) is 2.33. The summed E-state index contributed by atoms with van der Waals surface area (Å²) >= 11 is 1.49. The summed E-state index contributed by atoms with van der Waals surface area (Å²) in [5.41, 5.74) is 1.55. The van der Waals surface area contributed by atoms with Crippen molar-refractivity contribution in [3.05, 3.63) is 53.2 Å². The lowest BCUT2D eigenvalue weighted by Crippen LogP contribution is -2.00. The van der Waals surface area contributed by atoms with Crippen molar-refractivity contribution in [2.24, 2.45) is 0 Å². The van der Waals surface area contributed by atoms with Crippen LogP contribution < -0.4 is 4.74 Å². The summed E-state index contributed by atoms with van der Waals surface area (Å²) in [5.74, 6) is -0.315. The third-order valence-electron chi connectivity index (χ3n) is 3.46. The molecule has 0 unspecified atom stereocenters. The van der Waals surface area contributed by atoms with Gasteiger partial charge >= 0.3 is 5.97 Å². The molecule has 0 saturated heterocycles. The van der Waals surface area contributed by atoms with Gasteiger partial charge in [0.2, 0.25) is 0 Å².